The minimum atomic E-state index is 0.0116. The van der Waals surface area contributed by atoms with Crippen LogP contribution in [0.2, 0.25) is 0 Å². The summed E-state index contributed by atoms with van der Waals surface area (Å²) in [5.74, 6) is 0.0116. The molecular weight excluding hydrogens is 244 g/mol. The summed E-state index contributed by atoms with van der Waals surface area (Å²) in [4.78, 5) is 6.36. The highest BCUT2D eigenvalue weighted by Crippen LogP contribution is 2.29. The summed E-state index contributed by atoms with van der Waals surface area (Å²) in [6.07, 6.45) is 5.99. The van der Waals surface area contributed by atoms with Gasteiger partial charge in [-0.25, -0.2) is 0 Å². The third-order valence-corrected chi connectivity index (χ3v) is 3.52. The molecule has 0 aromatic carbocycles. The minimum Gasteiger partial charge on any atom is -0.409 e. The van der Waals surface area contributed by atoms with Crippen molar-refractivity contribution < 1.29 is 10.3 Å². The van der Waals surface area contributed by atoms with Gasteiger partial charge in [-0.1, -0.05) is 5.16 Å². The fourth-order valence-corrected chi connectivity index (χ4v) is 2.25. The van der Waals surface area contributed by atoms with E-state index in [-0.39, 0.29) is 12.4 Å². The molecule has 1 aromatic rings. The Hall–Kier alpha value is -1.82. The first-order chi connectivity index (χ1) is 9.26. The number of nitrogens with zero attached hydrogens (tertiary/aromatic N) is 3. The molecule has 1 saturated carbocycles. The lowest BCUT2D eigenvalue weighted by molar-refractivity contribution is 0.283. The Kier molecular flexibility index (Phi) is 4.57. The maximum atomic E-state index is 9.00. The fourth-order valence-electron chi connectivity index (χ4n) is 2.25. The second-order valence-electron chi connectivity index (χ2n) is 4.74. The topological polar surface area (TPSA) is 95.0 Å². The molecule has 0 aliphatic heterocycles. The number of aromatic nitrogens is 1. The minimum absolute atomic E-state index is 0.0116. The van der Waals surface area contributed by atoms with E-state index in [2.05, 4.69) is 15.0 Å². The molecule has 6 heteroatoms. The van der Waals surface area contributed by atoms with Gasteiger partial charge >= 0.3 is 0 Å². The maximum Gasteiger partial charge on any atom is 0.188 e. The van der Waals surface area contributed by atoms with Crippen LogP contribution >= 0.6 is 0 Å². The molecule has 2 rings (SSSR count). The predicted octanol–water partition coefficient (Wildman–Crippen LogP) is 0.917. The summed E-state index contributed by atoms with van der Waals surface area (Å²) >= 11 is 0. The quantitative estimate of drug-likeness (QED) is 0.307. The molecule has 0 spiro atoms. The van der Waals surface area contributed by atoms with Crippen LogP contribution in [-0.2, 0) is 0 Å². The van der Waals surface area contributed by atoms with Crippen LogP contribution in [0.4, 0.5) is 5.69 Å². The zero-order chi connectivity index (χ0) is 13.7. The van der Waals surface area contributed by atoms with Gasteiger partial charge in [0.25, 0.3) is 0 Å². The number of hydrogen-bond acceptors (Lipinski definition) is 5. The third kappa shape index (κ3) is 3.14. The second-order valence-corrected chi connectivity index (χ2v) is 4.74. The number of aliphatic hydroxyl groups is 1. The molecule has 1 aliphatic carbocycles. The number of aliphatic hydroxyl groups excluding tert-OH is 1. The zero-order valence-corrected chi connectivity index (χ0v) is 10.9. The van der Waals surface area contributed by atoms with E-state index in [1.165, 1.54) is 19.3 Å². The zero-order valence-electron chi connectivity index (χ0n) is 10.9. The van der Waals surface area contributed by atoms with Crippen molar-refractivity contribution in [1.82, 2.24) is 4.98 Å². The van der Waals surface area contributed by atoms with Crippen LogP contribution in [0.15, 0.2) is 23.5 Å². The summed E-state index contributed by atoms with van der Waals surface area (Å²) in [6.45, 7) is 0.988. The highest BCUT2D eigenvalue weighted by molar-refractivity contribution is 5.95. The van der Waals surface area contributed by atoms with Gasteiger partial charge in [0.2, 0.25) is 0 Å². The van der Waals surface area contributed by atoms with E-state index in [0.717, 1.165) is 18.7 Å². The first-order valence-corrected chi connectivity index (χ1v) is 6.57. The molecule has 0 saturated heterocycles. The maximum absolute atomic E-state index is 9.00. The monoisotopic (exact) mass is 264 g/mol. The smallest absolute Gasteiger partial charge is 0.188 e. The molecule has 0 radical (unpaired) electrons. The first kappa shape index (κ1) is 13.6. The van der Waals surface area contributed by atoms with Crippen LogP contribution in [0.1, 0.15) is 31.4 Å². The number of pyridine rings is 1. The van der Waals surface area contributed by atoms with Crippen LogP contribution in [0.5, 0.6) is 0 Å². The van der Waals surface area contributed by atoms with Crippen molar-refractivity contribution in [3.8, 4) is 0 Å². The molecule has 0 bridgehead atoms. The Labute approximate surface area is 112 Å². The van der Waals surface area contributed by atoms with Crippen molar-refractivity contribution >= 4 is 11.5 Å². The lowest BCUT2D eigenvalue weighted by Gasteiger charge is -2.39. The number of nitrogens with two attached hydrogens (primary N) is 1. The van der Waals surface area contributed by atoms with E-state index in [0.29, 0.717) is 11.7 Å². The second kappa shape index (κ2) is 6.38. The van der Waals surface area contributed by atoms with Crippen LogP contribution in [0.25, 0.3) is 0 Å². The molecule has 104 valence electrons. The van der Waals surface area contributed by atoms with Gasteiger partial charge in [0, 0.05) is 31.1 Å². The number of oxime groups is 1. The van der Waals surface area contributed by atoms with Crippen LogP contribution in [-0.4, -0.2) is 40.3 Å². The summed E-state index contributed by atoms with van der Waals surface area (Å²) in [6, 6.07) is 4.27. The fraction of sp³-hybridized carbons (Fsp3) is 0.538. The summed E-state index contributed by atoms with van der Waals surface area (Å²) < 4.78 is 0. The molecule has 1 fully saturated rings. The average Bonchev–Trinajstić information content (AvgIpc) is 2.40. The van der Waals surface area contributed by atoms with Gasteiger partial charge in [0.1, 0.15) is 5.69 Å². The van der Waals surface area contributed by atoms with Gasteiger partial charge in [-0.05, 0) is 37.8 Å². The predicted molar refractivity (Wildman–Crippen MR) is 73.4 cm³/mol. The average molecular weight is 264 g/mol. The molecule has 4 N–H and O–H groups in total. The van der Waals surface area contributed by atoms with E-state index in [4.69, 9.17) is 16.0 Å². The highest BCUT2D eigenvalue weighted by Gasteiger charge is 2.25. The van der Waals surface area contributed by atoms with Gasteiger partial charge in [-0.2, -0.15) is 0 Å². The van der Waals surface area contributed by atoms with Crippen molar-refractivity contribution in [3.05, 3.63) is 24.0 Å². The van der Waals surface area contributed by atoms with Crippen molar-refractivity contribution in [3.63, 3.8) is 0 Å². The standard InChI is InChI=1S/C13H20N4O2/c14-13(16-19)12-9-11(5-6-15-12)17(7-2-8-18)10-3-1-4-10/h5-6,9-10,18-19H,1-4,7-8H2,(H2,14,16). The van der Waals surface area contributed by atoms with Crippen LogP contribution < -0.4 is 10.6 Å². The normalized spacial score (nSPS) is 16.2. The van der Waals surface area contributed by atoms with E-state index >= 15 is 0 Å². The Morgan fingerprint density at radius 1 is 1.53 bits per heavy atom. The lowest BCUT2D eigenvalue weighted by atomic mass is 9.91. The van der Waals surface area contributed by atoms with Crippen molar-refractivity contribution in [1.29, 1.82) is 0 Å². The molecule has 6 nitrogen and oxygen atoms in total. The molecule has 0 unspecified atom stereocenters. The van der Waals surface area contributed by atoms with Gasteiger partial charge in [0.05, 0.1) is 0 Å². The Balaban J connectivity index is 2.20. The van der Waals surface area contributed by atoms with Gasteiger partial charge in [0.15, 0.2) is 5.84 Å². The number of rotatable bonds is 6. The van der Waals surface area contributed by atoms with E-state index in [1.807, 2.05) is 12.1 Å². The van der Waals surface area contributed by atoms with E-state index < -0.39 is 0 Å². The lowest BCUT2D eigenvalue weighted by Crippen LogP contribution is -2.41. The summed E-state index contributed by atoms with van der Waals surface area (Å²) in [7, 11) is 0. The Morgan fingerprint density at radius 3 is 2.89 bits per heavy atom. The molecule has 19 heavy (non-hydrogen) atoms. The highest BCUT2D eigenvalue weighted by atomic mass is 16.4. The van der Waals surface area contributed by atoms with Crippen molar-refractivity contribution in [2.24, 2.45) is 10.9 Å². The molecule has 1 aromatic heterocycles. The molecule has 1 aliphatic rings. The summed E-state index contributed by atoms with van der Waals surface area (Å²) in [5, 5.41) is 20.7. The van der Waals surface area contributed by atoms with Crippen molar-refractivity contribution in [2.75, 3.05) is 18.1 Å². The van der Waals surface area contributed by atoms with E-state index in [9.17, 15) is 0 Å². The number of hydrogen-bond donors (Lipinski definition) is 3. The SMILES string of the molecule is N/C(=N/O)c1cc(N(CCCO)C2CCC2)ccn1. The van der Waals surface area contributed by atoms with Crippen LogP contribution in [0.3, 0.4) is 0 Å². The number of anilines is 1. The first-order valence-electron chi connectivity index (χ1n) is 6.57. The Morgan fingerprint density at radius 2 is 2.32 bits per heavy atom. The Bertz CT molecular complexity index is 446. The van der Waals surface area contributed by atoms with Gasteiger partial charge in [-0.15, -0.1) is 0 Å². The molecule has 0 amide bonds. The van der Waals surface area contributed by atoms with Gasteiger partial charge in [-0.3, -0.25) is 4.98 Å². The molecular formula is C13H20N4O2. The third-order valence-electron chi connectivity index (χ3n) is 3.52. The largest absolute Gasteiger partial charge is 0.409 e. The van der Waals surface area contributed by atoms with Crippen molar-refractivity contribution in [2.45, 2.75) is 31.7 Å². The van der Waals surface area contributed by atoms with Gasteiger partial charge < -0.3 is 20.9 Å². The molecule has 0 atom stereocenters. The molecule has 1 heterocycles. The van der Waals surface area contributed by atoms with Crippen LogP contribution in [0, 0.1) is 0 Å². The van der Waals surface area contributed by atoms with E-state index in [1.54, 1.807) is 6.20 Å². The summed E-state index contributed by atoms with van der Waals surface area (Å²) in [5.41, 5.74) is 7.04. The number of amidine groups is 1.